The number of nitrogens with zero attached hydrogens (tertiary/aromatic N) is 2. The molecule has 2 aromatic heterocycles. The van der Waals surface area contributed by atoms with Crippen LogP contribution in [-0.2, 0) is 0 Å². The van der Waals surface area contributed by atoms with Crippen molar-refractivity contribution >= 4 is 40.4 Å². The Morgan fingerprint density at radius 2 is 2.00 bits per heavy atom. The molecule has 0 fully saturated rings. The van der Waals surface area contributed by atoms with Gasteiger partial charge in [0.15, 0.2) is 0 Å². The molecule has 0 amide bonds. The summed E-state index contributed by atoms with van der Waals surface area (Å²) in [4.78, 5) is 4.40. The summed E-state index contributed by atoms with van der Waals surface area (Å²) in [6, 6.07) is 2.63. The molecule has 0 saturated heterocycles. The topological polar surface area (TPSA) is 67.6 Å². The summed E-state index contributed by atoms with van der Waals surface area (Å²) in [5, 5.41) is 9.25. The number of halogens is 3. The second-order valence-electron chi connectivity index (χ2n) is 3.98. The van der Waals surface area contributed by atoms with Gasteiger partial charge in [-0.1, -0.05) is 23.2 Å². The van der Waals surface area contributed by atoms with Crippen LogP contribution in [0.4, 0.5) is 10.2 Å². The van der Waals surface area contributed by atoms with Crippen LogP contribution in [0.1, 0.15) is 0 Å². The Morgan fingerprint density at radius 1 is 1.20 bits per heavy atom. The molecule has 2 heterocycles. The van der Waals surface area contributed by atoms with Gasteiger partial charge in [0.2, 0.25) is 0 Å². The molecule has 3 aromatic rings. The van der Waals surface area contributed by atoms with Crippen LogP contribution >= 0.6 is 34.5 Å². The van der Waals surface area contributed by atoms with E-state index in [1.165, 1.54) is 23.5 Å². The van der Waals surface area contributed by atoms with E-state index >= 15 is 0 Å². The maximum Gasteiger partial charge on any atom is 0.142 e. The van der Waals surface area contributed by atoms with Gasteiger partial charge in [-0.05, 0) is 12.1 Å². The Labute approximate surface area is 127 Å². The average molecular weight is 329 g/mol. The number of nitrogens with one attached hydrogen (secondary N) is 1. The fourth-order valence-electron chi connectivity index (χ4n) is 1.71. The van der Waals surface area contributed by atoms with E-state index in [1.54, 1.807) is 11.6 Å². The number of aromatic amines is 1. The average Bonchev–Trinajstić information content (AvgIpc) is 3.02. The van der Waals surface area contributed by atoms with Gasteiger partial charge in [-0.3, -0.25) is 5.10 Å². The first-order valence-corrected chi connectivity index (χ1v) is 7.09. The van der Waals surface area contributed by atoms with Gasteiger partial charge >= 0.3 is 0 Å². The number of aromatic nitrogens is 3. The molecule has 8 heteroatoms. The van der Waals surface area contributed by atoms with Gasteiger partial charge in [0.25, 0.3) is 0 Å². The number of benzene rings is 1. The highest BCUT2D eigenvalue weighted by Crippen LogP contribution is 2.35. The lowest BCUT2D eigenvalue weighted by Crippen LogP contribution is -1.88. The molecule has 4 nitrogen and oxygen atoms in total. The molecular formula is C12H7Cl2FN4S. The van der Waals surface area contributed by atoms with Crippen molar-refractivity contribution in [1.29, 1.82) is 0 Å². The summed E-state index contributed by atoms with van der Waals surface area (Å²) < 4.78 is 13.5. The number of nitrogens with two attached hydrogens (primary N) is 1. The van der Waals surface area contributed by atoms with Crippen LogP contribution in [0.2, 0.25) is 10.0 Å². The van der Waals surface area contributed by atoms with E-state index < -0.39 is 5.82 Å². The Morgan fingerprint density at radius 3 is 2.70 bits per heavy atom. The fourth-order valence-corrected chi connectivity index (χ4v) is 3.03. The molecule has 1 aromatic carbocycles. The van der Waals surface area contributed by atoms with E-state index in [2.05, 4.69) is 15.2 Å². The summed E-state index contributed by atoms with van der Waals surface area (Å²) in [6.45, 7) is 0. The van der Waals surface area contributed by atoms with E-state index in [4.69, 9.17) is 28.9 Å². The largest absolute Gasteiger partial charge is 0.383 e. The van der Waals surface area contributed by atoms with Gasteiger partial charge in [0, 0.05) is 10.9 Å². The first-order valence-electron chi connectivity index (χ1n) is 5.46. The molecule has 0 aliphatic heterocycles. The van der Waals surface area contributed by atoms with Crippen LogP contribution in [0.3, 0.4) is 0 Å². The fraction of sp³-hybridized carbons (Fsp3) is 0. The van der Waals surface area contributed by atoms with Crippen molar-refractivity contribution in [3.63, 3.8) is 0 Å². The predicted molar refractivity (Wildman–Crippen MR) is 79.5 cm³/mol. The van der Waals surface area contributed by atoms with Gasteiger partial charge in [0.1, 0.15) is 16.6 Å². The Bertz CT molecular complexity index is 784. The quantitative estimate of drug-likeness (QED) is 0.692. The molecule has 20 heavy (non-hydrogen) atoms. The smallest absolute Gasteiger partial charge is 0.142 e. The van der Waals surface area contributed by atoms with E-state index in [9.17, 15) is 4.39 Å². The second kappa shape index (κ2) is 5.05. The SMILES string of the molecule is Nc1[nH]ncc1-c1nc(-c2cc(F)c(Cl)cc2Cl)cs1. The second-order valence-corrected chi connectivity index (χ2v) is 5.65. The number of rotatable bonds is 2. The highest BCUT2D eigenvalue weighted by atomic mass is 35.5. The molecule has 0 unspecified atom stereocenters. The van der Waals surface area contributed by atoms with Crippen LogP contribution in [0, 0.1) is 5.82 Å². The zero-order valence-electron chi connectivity index (χ0n) is 9.82. The van der Waals surface area contributed by atoms with Crippen LogP contribution in [0.25, 0.3) is 21.8 Å². The number of nitrogen functional groups attached to an aromatic ring is 1. The number of hydrogen-bond donors (Lipinski definition) is 2. The van der Waals surface area contributed by atoms with Crippen LogP contribution in [-0.4, -0.2) is 15.2 Å². The first-order chi connectivity index (χ1) is 9.56. The zero-order valence-corrected chi connectivity index (χ0v) is 12.2. The zero-order chi connectivity index (χ0) is 14.3. The molecule has 3 N–H and O–H groups in total. The third-order valence-corrected chi connectivity index (χ3v) is 4.17. The van der Waals surface area contributed by atoms with Gasteiger partial charge in [-0.2, -0.15) is 5.10 Å². The van der Waals surface area contributed by atoms with Crippen LogP contribution in [0.5, 0.6) is 0 Å². The van der Waals surface area contributed by atoms with Crippen molar-refractivity contribution in [3.05, 3.63) is 39.6 Å². The molecule has 0 atom stereocenters. The van der Waals surface area contributed by atoms with Crippen molar-refractivity contribution < 1.29 is 4.39 Å². The maximum absolute atomic E-state index is 13.5. The van der Waals surface area contributed by atoms with Crippen molar-refractivity contribution in [2.24, 2.45) is 0 Å². The molecule has 0 radical (unpaired) electrons. The van der Waals surface area contributed by atoms with Crippen molar-refractivity contribution in [1.82, 2.24) is 15.2 Å². The normalized spacial score (nSPS) is 10.9. The van der Waals surface area contributed by atoms with Crippen LogP contribution in [0.15, 0.2) is 23.7 Å². The summed E-state index contributed by atoms with van der Waals surface area (Å²) in [5.74, 6) is -0.109. The molecule has 3 rings (SSSR count). The van der Waals surface area contributed by atoms with Gasteiger partial charge in [0.05, 0.1) is 27.5 Å². The first kappa shape index (κ1) is 13.4. The highest BCUT2D eigenvalue weighted by molar-refractivity contribution is 7.13. The number of hydrogen-bond acceptors (Lipinski definition) is 4. The number of anilines is 1. The number of H-pyrrole nitrogens is 1. The van der Waals surface area contributed by atoms with Crippen LogP contribution < -0.4 is 5.73 Å². The van der Waals surface area contributed by atoms with E-state index in [0.29, 0.717) is 32.7 Å². The van der Waals surface area contributed by atoms with E-state index in [0.717, 1.165) is 0 Å². The third-order valence-electron chi connectivity index (χ3n) is 2.69. The summed E-state index contributed by atoms with van der Waals surface area (Å²) in [7, 11) is 0. The van der Waals surface area contributed by atoms with Gasteiger partial charge in [-0.15, -0.1) is 11.3 Å². The van der Waals surface area contributed by atoms with E-state index in [1.807, 2.05) is 0 Å². The minimum Gasteiger partial charge on any atom is -0.383 e. The standard InChI is InChI=1S/C12H7Cl2FN4S/c13-7-2-8(14)9(15)1-5(7)10-4-20-12(18-10)6-3-17-19-11(6)16/h1-4H,(H3,16,17,19). The third kappa shape index (κ3) is 2.26. The minimum atomic E-state index is -0.538. The maximum atomic E-state index is 13.5. The molecule has 0 bridgehead atoms. The van der Waals surface area contributed by atoms with Crippen molar-refractivity contribution in [3.8, 4) is 21.8 Å². The molecule has 0 aliphatic carbocycles. The van der Waals surface area contributed by atoms with E-state index in [-0.39, 0.29) is 5.02 Å². The van der Waals surface area contributed by atoms with Gasteiger partial charge in [-0.25, -0.2) is 9.37 Å². The number of thiazole rings is 1. The Balaban J connectivity index is 2.07. The van der Waals surface area contributed by atoms with Crippen molar-refractivity contribution in [2.75, 3.05) is 5.73 Å². The van der Waals surface area contributed by atoms with Gasteiger partial charge < -0.3 is 5.73 Å². The molecule has 102 valence electrons. The molecular weight excluding hydrogens is 322 g/mol. The lowest BCUT2D eigenvalue weighted by Gasteiger charge is -2.02. The lowest BCUT2D eigenvalue weighted by molar-refractivity contribution is 0.629. The lowest BCUT2D eigenvalue weighted by atomic mass is 10.1. The Hall–Kier alpha value is -1.63. The molecule has 0 aliphatic rings. The summed E-state index contributed by atoms with van der Waals surface area (Å²) >= 11 is 13.1. The summed E-state index contributed by atoms with van der Waals surface area (Å²) in [6.07, 6.45) is 1.59. The monoisotopic (exact) mass is 328 g/mol. The highest BCUT2D eigenvalue weighted by Gasteiger charge is 2.14. The summed E-state index contributed by atoms with van der Waals surface area (Å²) in [5.41, 5.74) is 7.49. The molecule has 0 saturated carbocycles. The molecule has 0 spiro atoms. The van der Waals surface area contributed by atoms with Crippen molar-refractivity contribution in [2.45, 2.75) is 0 Å². The minimum absolute atomic E-state index is 0.0201. The Kier molecular flexibility index (Phi) is 3.37. The predicted octanol–water partition coefficient (Wildman–Crippen LogP) is 4.23.